The largest absolute Gasteiger partial charge is 0.457 e. The molecule has 30 heavy (non-hydrogen) atoms. The summed E-state index contributed by atoms with van der Waals surface area (Å²) in [4.78, 5) is 9.17. The molecule has 5 rings (SSSR count). The number of nitrogens with zero attached hydrogens (tertiary/aromatic N) is 2. The molecule has 0 saturated heterocycles. The van der Waals surface area contributed by atoms with Gasteiger partial charge in [0.25, 0.3) is 0 Å². The Morgan fingerprint density at radius 1 is 0.767 bits per heavy atom. The van der Waals surface area contributed by atoms with E-state index in [0.29, 0.717) is 0 Å². The Bertz CT molecular complexity index is 1100. The Balaban J connectivity index is 1.47. The Hall–Kier alpha value is -2.98. The van der Waals surface area contributed by atoms with Gasteiger partial charge in [-0.2, -0.15) is 0 Å². The molecule has 0 radical (unpaired) electrons. The normalized spacial score (nSPS) is 15.6. The highest BCUT2D eigenvalue weighted by Crippen LogP contribution is 2.45. The van der Waals surface area contributed by atoms with Crippen molar-refractivity contribution >= 4 is 11.3 Å². The minimum atomic E-state index is -0.0262. The van der Waals surface area contributed by atoms with E-state index in [1.165, 1.54) is 30.5 Å². The van der Waals surface area contributed by atoms with Gasteiger partial charge in [0.05, 0.1) is 5.69 Å². The van der Waals surface area contributed by atoms with E-state index in [1.54, 1.807) is 11.3 Å². The molecule has 1 aliphatic rings. The fraction of sp³-hybridized carbons (Fsp3) is 0.231. The molecule has 4 heteroatoms. The Kier molecular flexibility index (Phi) is 5.33. The first-order chi connectivity index (χ1) is 14.8. The van der Waals surface area contributed by atoms with Crippen LogP contribution in [0.2, 0.25) is 0 Å². The van der Waals surface area contributed by atoms with E-state index in [0.717, 1.165) is 34.9 Å². The molecule has 1 fully saturated rings. The molecule has 1 saturated carbocycles. The third-order valence-corrected chi connectivity index (χ3v) is 6.82. The van der Waals surface area contributed by atoms with Gasteiger partial charge >= 0.3 is 0 Å². The van der Waals surface area contributed by atoms with Crippen LogP contribution >= 0.6 is 11.3 Å². The van der Waals surface area contributed by atoms with Crippen LogP contribution in [-0.4, -0.2) is 9.97 Å². The number of rotatable bonds is 5. The monoisotopic (exact) mass is 412 g/mol. The van der Waals surface area contributed by atoms with Gasteiger partial charge in [-0.05, 0) is 54.8 Å². The summed E-state index contributed by atoms with van der Waals surface area (Å²) in [6.07, 6.45) is 9.78. The number of hydrogen-bond acceptors (Lipinski definition) is 4. The SMILES string of the molecule is c1ccc(C2(c3cccc(Oc4cccc(-c5nccs5)c4)c3)CCCCC2)nc1. The maximum Gasteiger partial charge on any atom is 0.128 e. The zero-order chi connectivity index (χ0) is 20.2. The fourth-order valence-corrected chi connectivity index (χ4v) is 5.18. The lowest BCUT2D eigenvalue weighted by Gasteiger charge is -2.37. The first-order valence-electron chi connectivity index (χ1n) is 10.5. The van der Waals surface area contributed by atoms with Crippen LogP contribution in [-0.2, 0) is 5.41 Å². The summed E-state index contributed by atoms with van der Waals surface area (Å²) in [6, 6.07) is 23.0. The highest BCUT2D eigenvalue weighted by Gasteiger charge is 2.37. The molecule has 0 aliphatic heterocycles. The van der Waals surface area contributed by atoms with Gasteiger partial charge in [-0.15, -0.1) is 11.3 Å². The molecule has 2 aromatic carbocycles. The van der Waals surface area contributed by atoms with Gasteiger partial charge in [-0.3, -0.25) is 4.98 Å². The molecule has 0 unspecified atom stereocenters. The minimum absolute atomic E-state index is 0.0262. The van der Waals surface area contributed by atoms with Gasteiger partial charge in [0.15, 0.2) is 0 Å². The van der Waals surface area contributed by atoms with E-state index < -0.39 is 0 Å². The minimum Gasteiger partial charge on any atom is -0.457 e. The quantitative estimate of drug-likeness (QED) is 0.346. The van der Waals surface area contributed by atoms with Crippen molar-refractivity contribution < 1.29 is 4.74 Å². The number of benzene rings is 2. The number of aromatic nitrogens is 2. The zero-order valence-electron chi connectivity index (χ0n) is 16.8. The molecular formula is C26H24N2OS. The maximum atomic E-state index is 6.29. The van der Waals surface area contributed by atoms with Gasteiger partial charge in [0.2, 0.25) is 0 Å². The second-order valence-electron chi connectivity index (χ2n) is 7.85. The molecule has 1 aliphatic carbocycles. The molecule has 2 heterocycles. The van der Waals surface area contributed by atoms with Crippen molar-refractivity contribution in [3.05, 3.63) is 95.8 Å². The van der Waals surface area contributed by atoms with Crippen molar-refractivity contribution in [2.45, 2.75) is 37.5 Å². The molecular weight excluding hydrogens is 388 g/mol. The Morgan fingerprint density at radius 3 is 2.37 bits per heavy atom. The van der Waals surface area contributed by atoms with Gasteiger partial charge in [0, 0.05) is 28.8 Å². The maximum absolute atomic E-state index is 6.29. The summed E-state index contributed by atoms with van der Waals surface area (Å²) in [5.74, 6) is 1.69. The second-order valence-corrected chi connectivity index (χ2v) is 8.75. The summed E-state index contributed by atoms with van der Waals surface area (Å²) in [6.45, 7) is 0. The fourth-order valence-electron chi connectivity index (χ4n) is 4.55. The van der Waals surface area contributed by atoms with Gasteiger partial charge in [-0.25, -0.2) is 4.98 Å². The lowest BCUT2D eigenvalue weighted by Crippen LogP contribution is -2.31. The lowest BCUT2D eigenvalue weighted by atomic mass is 9.67. The molecule has 150 valence electrons. The Labute approximate surface area is 181 Å². The molecule has 0 N–H and O–H groups in total. The van der Waals surface area contributed by atoms with Gasteiger partial charge < -0.3 is 4.74 Å². The van der Waals surface area contributed by atoms with Crippen molar-refractivity contribution in [3.63, 3.8) is 0 Å². The predicted octanol–water partition coefficient (Wildman–Crippen LogP) is 7.25. The first-order valence-corrected chi connectivity index (χ1v) is 11.4. The summed E-state index contributed by atoms with van der Waals surface area (Å²) >= 11 is 1.64. The third kappa shape index (κ3) is 3.75. The number of thiazole rings is 1. The highest BCUT2D eigenvalue weighted by molar-refractivity contribution is 7.13. The summed E-state index contributed by atoms with van der Waals surface area (Å²) in [7, 11) is 0. The van der Waals surface area contributed by atoms with Gasteiger partial charge in [-0.1, -0.05) is 49.6 Å². The van der Waals surface area contributed by atoms with E-state index in [4.69, 9.17) is 9.72 Å². The third-order valence-electron chi connectivity index (χ3n) is 6.00. The number of pyridine rings is 1. The van der Waals surface area contributed by atoms with Crippen molar-refractivity contribution in [2.75, 3.05) is 0 Å². The van der Waals surface area contributed by atoms with Crippen LogP contribution in [0.5, 0.6) is 11.5 Å². The molecule has 0 spiro atoms. The van der Waals surface area contributed by atoms with Crippen LogP contribution in [0.3, 0.4) is 0 Å². The van der Waals surface area contributed by atoms with Crippen LogP contribution in [0.25, 0.3) is 10.6 Å². The van der Waals surface area contributed by atoms with Gasteiger partial charge in [0.1, 0.15) is 16.5 Å². The van der Waals surface area contributed by atoms with E-state index in [1.807, 2.05) is 42.0 Å². The summed E-state index contributed by atoms with van der Waals surface area (Å²) in [5, 5.41) is 3.00. The van der Waals surface area contributed by atoms with E-state index >= 15 is 0 Å². The highest BCUT2D eigenvalue weighted by atomic mass is 32.1. The molecule has 0 atom stereocenters. The van der Waals surface area contributed by atoms with Crippen LogP contribution in [0.4, 0.5) is 0 Å². The first kappa shape index (κ1) is 19.0. The summed E-state index contributed by atoms with van der Waals surface area (Å²) < 4.78 is 6.29. The average molecular weight is 413 g/mol. The Morgan fingerprint density at radius 2 is 1.60 bits per heavy atom. The standard InChI is InChI=1S/C26H24N2OS/c1-3-13-26(14-4-1,24-12-2-5-15-27-24)21-9-7-11-23(19-21)29-22-10-6-8-20(18-22)25-28-16-17-30-25/h2,5-12,15-19H,1,3-4,13-14H2. The van der Waals surface area contributed by atoms with Crippen molar-refractivity contribution in [1.82, 2.24) is 9.97 Å². The van der Waals surface area contributed by atoms with Crippen LogP contribution in [0, 0.1) is 0 Å². The van der Waals surface area contributed by atoms with E-state index in [-0.39, 0.29) is 5.41 Å². The van der Waals surface area contributed by atoms with E-state index in [2.05, 4.69) is 47.4 Å². The number of hydrogen-bond donors (Lipinski definition) is 0. The number of ether oxygens (including phenoxy) is 1. The van der Waals surface area contributed by atoms with Crippen molar-refractivity contribution in [1.29, 1.82) is 0 Å². The zero-order valence-corrected chi connectivity index (χ0v) is 17.6. The predicted molar refractivity (Wildman–Crippen MR) is 122 cm³/mol. The lowest BCUT2D eigenvalue weighted by molar-refractivity contribution is 0.337. The van der Waals surface area contributed by atoms with Crippen LogP contribution < -0.4 is 4.74 Å². The molecule has 2 aromatic heterocycles. The van der Waals surface area contributed by atoms with E-state index in [9.17, 15) is 0 Å². The van der Waals surface area contributed by atoms with Crippen LogP contribution in [0.15, 0.2) is 84.5 Å². The molecule has 3 nitrogen and oxygen atoms in total. The molecule has 0 bridgehead atoms. The molecule has 0 amide bonds. The summed E-state index contributed by atoms with van der Waals surface area (Å²) in [5.41, 5.74) is 3.53. The molecule has 4 aromatic rings. The topological polar surface area (TPSA) is 35.0 Å². The second kappa shape index (κ2) is 8.41. The average Bonchev–Trinajstić information content (AvgIpc) is 3.36. The van der Waals surface area contributed by atoms with Crippen molar-refractivity contribution in [3.8, 4) is 22.1 Å². The van der Waals surface area contributed by atoms with Crippen LogP contribution in [0.1, 0.15) is 43.4 Å². The van der Waals surface area contributed by atoms with Crippen molar-refractivity contribution in [2.24, 2.45) is 0 Å². The smallest absolute Gasteiger partial charge is 0.128 e.